The van der Waals surface area contributed by atoms with Gasteiger partial charge in [-0.2, -0.15) is 0 Å². The van der Waals surface area contributed by atoms with Crippen LogP contribution < -0.4 is 10.1 Å². The van der Waals surface area contributed by atoms with E-state index in [0.717, 1.165) is 5.56 Å². The van der Waals surface area contributed by atoms with Crippen molar-refractivity contribution in [1.82, 2.24) is 4.90 Å². The van der Waals surface area contributed by atoms with Crippen molar-refractivity contribution in [3.05, 3.63) is 59.7 Å². The lowest BCUT2D eigenvalue weighted by atomic mass is 10.1. The number of hydrogen-bond acceptors (Lipinski definition) is 3. The molecule has 0 heterocycles. The molecule has 2 aromatic carbocycles. The molecule has 126 valence electrons. The molecular weight excluding hydrogens is 304 g/mol. The smallest absolute Gasteiger partial charge is 0.259 e. The third kappa shape index (κ3) is 4.59. The molecule has 0 spiro atoms. The van der Waals surface area contributed by atoms with Crippen molar-refractivity contribution in [3.63, 3.8) is 0 Å². The summed E-state index contributed by atoms with van der Waals surface area (Å²) in [5.74, 6) is 0.384. The summed E-state index contributed by atoms with van der Waals surface area (Å²) in [6.45, 7) is 0. The Balaban J connectivity index is 2.06. The van der Waals surface area contributed by atoms with Crippen LogP contribution in [0.4, 0.5) is 5.69 Å². The molecule has 5 heteroatoms. The highest BCUT2D eigenvalue weighted by Crippen LogP contribution is 2.20. The Bertz CT molecular complexity index is 726. The van der Waals surface area contributed by atoms with Crippen LogP contribution in [-0.4, -0.2) is 37.9 Å². The van der Waals surface area contributed by atoms with Gasteiger partial charge in [-0.3, -0.25) is 9.59 Å². The standard InChI is InChI=1S/C19H22N2O3/c1-21(2)18(22)12-11-14-7-6-8-15(13-14)20-19(23)16-9-4-5-10-17(16)24-3/h4-10,13H,11-12H2,1-3H3,(H,20,23). The molecule has 0 aliphatic heterocycles. The third-order valence-corrected chi connectivity index (χ3v) is 3.66. The second-order valence-electron chi connectivity index (χ2n) is 5.64. The van der Waals surface area contributed by atoms with Crippen molar-refractivity contribution in [2.24, 2.45) is 0 Å². The highest BCUT2D eigenvalue weighted by Gasteiger charge is 2.12. The van der Waals surface area contributed by atoms with Gasteiger partial charge in [-0.05, 0) is 36.2 Å². The number of methoxy groups -OCH3 is 1. The van der Waals surface area contributed by atoms with Gasteiger partial charge in [0.1, 0.15) is 5.75 Å². The normalized spacial score (nSPS) is 10.1. The number of benzene rings is 2. The first-order chi connectivity index (χ1) is 11.5. The molecular formula is C19H22N2O3. The summed E-state index contributed by atoms with van der Waals surface area (Å²) < 4.78 is 5.21. The topological polar surface area (TPSA) is 58.6 Å². The molecule has 0 aromatic heterocycles. The van der Waals surface area contributed by atoms with E-state index in [-0.39, 0.29) is 11.8 Å². The minimum atomic E-state index is -0.228. The van der Waals surface area contributed by atoms with Crippen LogP contribution in [0.15, 0.2) is 48.5 Å². The van der Waals surface area contributed by atoms with Gasteiger partial charge in [-0.25, -0.2) is 0 Å². The van der Waals surface area contributed by atoms with Gasteiger partial charge in [0, 0.05) is 26.2 Å². The van der Waals surface area contributed by atoms with E-state index in [0.29, 0.717) is 29.8 Å². The number of carbonyl (C=O) groups excluding carboxylic acids is 2. The molecule has 5 nitrogen and oxygen atoms in total. The number of para-hydroxylation sites is 1. The van der Waals surface area contributed by atoms with Crippen LogP contribution in [-0.2, 0) is 11.2 Å². The Kier molecular flexibility index (Phi) is 5.95. The molecule has 0 bridgehead atoms. The Morgan fingerprint density at radius 1 is 1.08 bits per heavy atom. The van der Waals surface area contributed by atoms with Crippen molar-refractivity contribution in [3.8, 4) is 5.75 Å². The van der Waals surface area contributed by atoms with E-state index in [1.165, 1.54) is 7.11 Å². The summed E-state index contributed by atoms with van der Waals surface area (Å²) in [5, 5.41) is 2.87. The fraction of sp³-hybridized carbons (Fsp3) is 0.263. The zero-order chi connectivity index (χ0) is 17.5. The number of anilines is 1. The van der Waals surface area contributed by atoms with Gasteiger partial charge in [0.05, 0.1) is 12.7 Å². The number of ether oxygens (including phenoxy) is 1. The molecule has 0 radical (unpaired) electrons. The summed E-state index contributed by atoms with van der Waals surface area (Å²) in [5.41, 5.74) is 2.18. The Labute approximate surface area is 142 Å². The predicted octanol–water partition coefficient (Wildman–Crippen LogP) is 2.97. The maximum Gasteiger partial charge on any atom is 0.259 e. The fourth-order valence-electron chi connectivity index (χ4n) is 2.31. The molecule has 2 aromatic rings. The lowest BCUT2D eigenvalue weighted by molar-refractivity contribution is -0.128. The highest BCUT2D eigenvalue weighted by atomic mass is 16.5. The number of nitrogens with one attached hydrogen (secondary N) is 1. The second-order valence-corrected chi connectivity index (χ2v) is 5.64. The number of nitrogens with zero attached hydrogens (tertiary/aromatic N) is 1. The summed E-state index contributed by atoms with van der Waals surface area (Å²) in [6.07, 6.45) is 1.08. The van der Waals surface area contributed by atoms with Crippen LogP contribution in [0.3, 0.4) is 0 Å². The van der Waals surface area contributed by atoms with E-state index in [1.54, 1.807) is 37.2 Å². The number of aryl methyl sites for hydroxylation is 1. The molecule has 0 saturated heterocycles. The molecule has 0 aliphatic rings. The Morgan fingerprint density at radius 3 is 2.54 bits per heavy atom. The summed E-state index contributed by atoms with van der Waals surface area (Å²) in [4.78, 5) is 25.7. The number of amides is 2. The average molecular weight is 326 g/mol. The molecule has 0 aliphatic carbocycles. The van der Waals surface area contributed by atoms with Crippen LogP contribution in [0.25, 0.3) is 0 Å². The molecule has 0 saturated carbocycles. The first kappa shape index (κ1) is 17.5. The van der Waals surface area contributed by atoms with Gasteiger partial charge in [0.15, 0.2) is 0 Å². The first-order valence-electron chi connectivity index (χ1n) is 7.74. The molecule has 2 amide bonds. The van der Waals surface area contributed by atoms with Gasteiger partial charge in [0.25, 0.3) is 5.91 Å². The quantitative estimate of drug-likeness (QED) is 0.888. The average Bonchev–Trinajstić information content (AvgIpc) is 2.59. The van der Waals surface area contributed by atoms with Gasteiger partial charge in [-0.1, -0.05) is 24.3 Å². The highest BCUT2D eigenvalue weighted by molar-refractivity contribution is 6.06. The van der Waals surface area contributed by atoms with E-state index in [9.17, 15) is 9.59 Å². The monoisotopic (exact) mass is 326 g/mol. The lowest BCUT2D eigenvalue weighted by Gasteiger charge is -2.11. The van der Waals surface area contributed by atoms with E-state index < -0.39 is 0 Å². The first-order valence-corrected chi connectivity index (χ1v) is 7.74. The van der Waals surface area contributed by atoms with Crippen LogP contribution in [0.5, 0.6) is 5.75 Å². The van der Waals surface area contributed by atoms with Crippen molar-refractivity contribution in [1.29, 1.82) is 0 Å². The molecule has 0 unspecified atom stereocenters. The molecule has 1 N–H and O–H groups in total. The fourth-order valence-corrected chi connectivity index (χ4v) is 2.31. The van der Waals surface area contributed by atoms with Crippen LogP contribution >= 0.6 is 0 Å². The Hall–Kier alpha value is -2.82. The lowest BCUT2D eigenvalue weighted by Crippen LogP contribution is -2.21. The van der Waals surface area contributed by atoms with Crippen LogP contribution in [0, 0.1) is 0 Å². The number of hydrogen-bond donors (Lipinski definition) is 1. The van der Waals surface area contributed by atoms with Crippen molar-refractivity contribution in [2.45, 2.75) is 12.8 Å². The summed E-state index contributed by atoms with van der Waals surface area (Å²) in [6, 6.07) is 14.6. The molecule has 0 atom stereocenters. The summed E-state index contributed by atoms with van der Waals surface area (Å²) in [7, 11) is 5.02. The minimum Gasteiger partial charge on any atom is -0.496 e. The van der Waals surface area contributed by atoms with Crippen LogP contribution in [0.1, 0.15) is 22.3 Å². The molecule has 0 fully saturated rings. The number of rotatable bonds is 6. The Morgan fingerprint density at radius 2 is 1.83 bits per heavy atom. The van der Waals surface area contributed by atoms with Crippen molar-refractivity contribution >= 4 is 17.5 Å². The summed E-state index contributed by atoms with van der Waals surface area (Å²) >= 11 is 0. The zero-order valence-corrected chi connectivity index (χ0v) is 14.2. The van der Waals surface area contributed by atoms with E-state index in [1.807, 2.05) is 30.3 Å². The van der Waals surface area contributed by atoms with Crippen LogP contribution in [0.2, 0.25) is 0 Å². The van der Waals surface area contributed by atoms with Gasteiger partial charge < -0.3 is 15.0 Å². The molecule has 24 heavy (non-hydrogen) atoms. The predicted molar refractivity (Wildman–Crippen MR) is 94.4 cm³/mol. The largest absolute Gasteiger partial charge is 0.496 e. The minimum absolute atomic E-state index is 0.0819. The SMILES string of the molecule is COc1ccccc1C(=O)Nc1cccc(CCC(=O)N(C)C)c1. The van der Waals surface area contributed by atoms with E-state index >= 15 is 0 Å². The maximum atomic E-state index is 12.4. The number of carbonyl (C=O) groups is 2. The van der Waals surface area contributed by atoms with Gasteiger partial charge >= 0.3 is 0 Å². The maximum absolute atomic E-state index is 12.4. The van der Waals surface area contributed by atoms with E-state index in [4.69, 9.17) is 4.74 Å². The zero-order valence-electron chi connectivity index (χ0n) is 14.2. The van der Waals surface area contributed by atoms with Gasteiger partial charge in [-0.15, -0.1) is 0 Å². The molecule has 2 rings (SSSR count). The van der Waals surface area contributed by atoms with Gasteiger partial charge in [0.2, 0.25) is 5.91 Å². The second kappa shape index (κ2) is 8.15. The third-order valence-electron chi connectivity index (χ3n) is 3.66. The van der Waals surface area contributed by atoms with E-state index in [2.05, 4.69) is 5.32 Å². The van der Waals surface area contributed by atoms with Crippen molar-refractivity contribution in [2.75, 3.05) is 26.5 Å². The van der Waals surface area contributed by atoms with Crippen molar-refractivity contribution < 1.29 is 14.3 Å².